The first-order chi connectivity index (χ1) is 9.79. The minimum atomic E-state index is -3.67. The van der Waals surface area contributed by atoms with Gasteiger partial charge < -0.3 is 5.73 Å². The van der Waals surface area contributed by atoms with Crippen LogP contribution in [0.5, 0.6) is 0 Å². The van der Waals surface area contributed by atoms with E-state index < -0.39 is 10.0 Å². The number of nitrogens with two attached hydrogens (primary N) is 1. The molecule has 0 aliphatic rings. The Labute approximate surface area is 123 Å². The number of rotatable bonds is 4. The molecule has 0 spiro atoms. The number of halogens is 1. The molecule has 6 heteroatoms. The monoisotopic (exact) mass is 308 g/mol. The second-order valence-electron chi connectivity index (χ2n) is 4.91. The van der Waals surface area contributed by atoms with Crippen molar-refractivity contribution in [2.24, 2.45) is 0 Å². The summed E-state index contributed by atoms with van der Waals surface area (Å²) in [6, 6.07) is 8.83. The second-order valence-corrected chi connectivity index (χ2v) is 6.65. The van der Waals surface area contributed by atoms with Crippen molar-refractivity contribution >= 4 is 15.7 Å². The zero-order valence-corrected chi connectivity index (χ0v) is 12.7. The zero-order valence-electron chi connectivity index (χ0n) is 11.9. The molecule has 0 unspecified atom stereocenters. The molecule has 0 aliphatic heterocycles. The van der Waals surface area contributed by atoms with Crippen LogP contribution in [0.25, 0.3) is 0 Å². The Hall–Kier alpha value is -1.92. The lowest BCUT2D eigenvalue weighted by molar-refractivity contribution is 0.580. The molecule has 4 nitrogen and oxygen atoms in total. The largest absolute Gasteiger partial charge is 0.399 e. The standard InChI is InChI=1S/C15H17FN2O2S/c1-10-7-14(17)8-15(11(10)2)21(19,20)18-9-12-3-5-13(16)6-4-12/h3-8,18H,9,17H2,1-2H3. The van der Waals surface area contributed by atoms with Crippen LogP contribution in [0, 0.1) is 19.7 Å². The summed E-state index contributed by atoms with van der Waals surface area (Å²) in [5, 5.41) is 0. The summed E-state index contributed by atoms with van der Waals surface area (Å²) < 4.78 is 40.0. The summed E-state index contributed by atoms with van der Waals surface area (Å²) in [5.74, 6) is -0.357. The minimum Gasteiger partial charge on any atom is -0.399 e. The summed E-state index contributed by atoms with van der Waals surface area (Å²) in [6.45, 7) is 3.64. The smallest absolute Gasteiger partial charge is 0.241 e. The molecular weight excluding hydrogens is 291 g/mol. The van der Waals surface area contributed by atoms with E-state index >= 15 is 0 Å². The molecule has 0 aromatic heterocycles. The third-order valence-electron chi connectivity index (χ3n) is 3.31. The molecule has 0 amide bonds. The third-order valence-corrected chi connectivity index (χ3v) is 4.84. The van der Waals surface area contributed by atoms with E-state index in [1.165, 1.54) is 30.3 Å². The maximum absolute atomic E-state index is 12.8. The maximum Gasteiger partial charge on any atom is 0.241 e. The van der Waals surface area contributed by atoms with Crippen LogP contribution in [-0.2, 0) is 16.6 Å². The van der Waals surface area contributed by atoms with Gasteiger partial charge in [0.2, 0.25) is 10.0 Å². The van der Waals surface area contributed by atoms with Crippen LogP contribution in [-0.4, -0.2) is 8.42 Å². The Morgan fingerprint density at radius 3 is 2.38 bits per heavy atom. The van der Waals surface area contributed by atoms with Crippen LogP contribution in [0.2, 0.25) is 0 Å². The summed E-state index contributed by atoms with van der Waals surface area (Å²) in [4.78, 5) is 0.169. The molecule has 0 atom stereocenters. The highest BCUT2D eigenvalue weighted by molar-refractivity contribution is 7.89. The number of sulfonamides is 1. The molecule has 0 fully saturated rings. The molecule has 3 N–H and O–H groups in total. The SMILES string of the molecule is Cc1cc(N)cc(S(=O)(=O)NCc2ccc(F)cc2)c1C. The highest BCUT2D eigenvalue weighted by Crippen LogP contribution is 2.22. The van der Waals surface area contributed by atoms with E-state index in [4.69, 9.17) is 5.73 Å². The van der Waals surface area contributed by atoms with Gasteiger partial charge in [-0.3, -0.25) is 0 Å². The number of hydrogen-bond acceptors (Lipinski definition) is 3. The molecule has 0 aliphatic carbocycles. The van der Waals surface area contributed by atoms with Crippen molar-refractivity contribution in [3.8, 4) is 0 Å². The number of anilines is 1. The number of hydrogen-bond donors (Lipinski definition) is 2. The van der Waals surface area contributed by atoms with E-state index in [-0.39, 0.29) is 17.3 Å². The van der Waals surface area contributed by atoms with Crippen molar-refractivity contribution in [3.05, 3.63) is 58.9 Å². The van der Waals surface area contributed by atoms with Gasteiger partial charge in [-0.25, -0.2) is 17.5 Å². The van der Waals surface area contributed by atoms with Gasteiger partial charge in [0.1, 0.15) is 5.82 Å². The van der Waals surface area contributed by atoms with Gasteiger partial charge >= 0.3 is 0 Å². The summed E-state index contributed by atoms with van der Waals surface area (Å²) in [5.41, 5.74) is 8.28. The Morgan fingerprint density at radius 2 is 1.76 bits per heavy atom. The zero-order chi connectivity index (χ0) is 15.6. The van der Waals surface area contributed by atoms with Crippen LogP contribution in [0.1, 0.15) is 16.7 Å². The van der Waals surface area contributed by atoms with Crippen LogP contribution >= 0.6 is 0 Å². The number of nitrogens with one attached hydrogen (secondary N) is 1. The Balaban J connectivity index is 2.25. The van der Waals surface area contributed by atoms with E-state index in [1.807, 2.05) is 6.92 Å². The quantitative estimate of drug-likeness (QED) is 0.852. The molecule has 21 heavy (non-hydrogen) atoms. The first-order valence-electron chi connectivity index (χ1n) is 6.40. The van der Waals surface area contributed by atoms with Gasteiger partial charge in [0.15, 0.2) is 0 Å². The first kappa shape index (κ1) is 15.5. The molecule has 0 heterocycles. The van der Waals surface area contributed by atoms with E-state index in [1.54, 1.807) is 13.0 Å². The lowest BCUT2D eigenvalue weighted by Crippen LogP contribution is -2.24. The lowest BCUT2D eigenvalue weighted by atomic mass is 10.1. The van der Waals surface area contributed by atoms with Gasteiger partial charge in [-0.05, 0) is 54.8 Å². The fourth-order valence-corrected chi connectivity index (χ4v) is 3.36. The highest BCUT2D eigenvalue weighted by Gasteiger charge is 2.18. The average Bonchev–Trinajstić information content (AvgIpc) is 2.42. The minimum absolute atomic E-state index is 0.0932. The van der Waals surface area contributed by atoms with Crippen LogP contribution in [0.3, 0.4) is 0 Å². The normalized spacial score (nSPS) is 11.6. The molecule has 0 bridgehead atoms. The molecule has 0 saturated carbocycles. The lowest BCUT2D eigenvalue weighted by Gasteiger charge is -2.12. The second kappa shape index (κ2) is 5.83. The maximum atomic E-state index is 12.8. The molecule has 0 radical (unpaired) electrons. The van der Waals surface area contributed by atoms with Gasteiger partial charge in [-0.1, -0.05) is 12.1 Å². The summed E-state index contributed by atoms with van der Waals surface area (Å²) >= 11 is 0. The third kappa shape index (κ3) is 3.59. The molecule has 0 saturated heterocycles. The Bertz CT molecular complexity index is 756. The van der Waals surface area contributed by atoms with E-state index in [0.717, 1.165) is 5.56 Å². The fourth-order valence-electron chi connectivity index (χ4n) is 1.99. The molecule has 2 rings (SSSR count). The highest BCUT2D eigenvalue weighted by atomic mass is 32.2. The van der Waals surface area contributed by atoms with Gasteiger partial charge in [0.05, 0.1) is 4.90 Å². The number of nitrogen functional groups attached to an aromatic ring is 1. The summed E-state index contributed by atoms with van der Waals surface area (Å²) in [7, 11) is -3.67. The fraction of sp³-hybridized carbons (Fsp3) is 0.200. The Kier molecular flexibility index (Phi) is 4.29. The first-order valence-corrected chi connectivity index (χ1v) is 7.89. The predicted octanol–water partition coefficient (Wildman–Crippen LogP) is 2.50. The van der Waals surface area contributed by atoms with Crippen molar-refractivity contribution in [2.75, 3.05) is 5.73 Å². The van der Waals surface area contributed by atoms with Crippen molar-refractivity contribution in [3.63, 3.8) is 0 Å². The molecular formula is C15H17FN2O2S. The van der Waals surface area contributed by atoms with E-state index in [2.05, 4.69) is 4.72 Å². The molecule has 2 aromatic carbocycles. The van der Waals surface area contributed by atoms with E-state index in [0.29, 0.717) is 16.8 Å². The molecule has 112 valence electrons. The van der Waals surface area contributed by atoms with E-state index in [9.17, 15) is 12.8 Å². The predicted molar refractivity (Wildman–Crippen MR) is 80.8 cm³/mol. The van der Waals surface area contributed by atoms with Gasteiger partial charge in [0, 0.05) is 12.2 Å². The van der Waals surface area contributed by atoms with Gasteiger partial charge in [-0.2, -0.15) is 0 Å². The van der Waals surface area contributed by atoms with Crippen molar-refractivity contribution < 1.29 is 12.8 Å². The van der Waals surface area contributed by atoms with Crippen molar-refractivity contribution in [1.29, 1.82) is 0 Å². The van der Waals surface area contributed by atoms with Crippen LogP contribution in [0.15, 0.2) is 41.3 Å². The van der Waals surface area contributed by atoms with Gasteiger partial charge in [0.25, 0.3) is 0 Å². The van der Waals surface area contributed by atoms with Gasteiger partial charge in [-0.15, -0.1) is 0 Å². The number of aryl methyl sites for hydroxylation is 1. The van der Waals surface area contributed by atoms with Crippen LogP contribution < -0.4 is 10.5 Å². The summed E-state index contributed by atoms with van der Waals surface area (Å²) in [6.07, 6.45) is 0. The Morgan fingerprint density at radius 1 is 1.14 bits per heavy atom. The topological polar surface area (TPSA) is 72.2 Å². The molecule has 2 aromatic rings. The van der Waals surface area contributed by atoms with Crippen LogP contribution in [0.4, 0.5) is 10.1 Å². The number of benzene rings is 2. The average molecular weight is 308 g/mol. The van der Waals surface area contributed by atoms with Crippen molar-refractivity contribution in [2.45, 2.75) is 25.3 Å². The van der Waals surface area contributed by atoms with Crippen molar-refractivity contribution in [1.82, 2.24) is 4.72 Å².